The summed E-state index contributed by atoms with van der Waals surface area (Å²) in [6, 6.07) is 4.27. The highest BCUT2D eigenvalue weighted by Crippen LogP contribution is 2.27. The van der Waals surface area contributed by atoms with Crippen molar-refractivity contribution >= 4 is 11.6 Å². The molecule has 0 bridgehead atoms. The third-order valence-corrected chi connectivity index (χ3v) is 2.98. The van der Waals surface area contributed by atoms with E-state index in [1.165, 1.54) is 12.1 Å². The quantitative estimate of drug-likeness (QED) is 0.838. The fourth-order valence-corrected chi connectivity index (χ4v) is 1.93. The molecule has 16 heavy (non-hydrogen) atoms. The van der Waals surface area contributed by atoms with E-state index in [9.17, 15) is 9.50 Å². The summed E-state index contributed by atoms with van der Waals surface area (Å²) in [5.41, 5.74) is 6.22. The van der Waals surface area contributed by atoms with E-state index in [1.807, 2.05) is 6.92 Å². The first-order chi connectivity index (χ1) is 7.60. The van der Waals surface area contributed by atoms with Crippen LogP contribution in [0.2, 0.25) is 5.02 Å². The maximum absolute atomic E-state index is 13.0. The summed E-state index contributed by atoms with van der Waals surface area (Å²) >= 11 is 5.67. The Bertz CT molecular complexity index is 346. The van der Waals surface area contributed by atoms with Gasteiger partial charge in [0.1, 0.15) is 5.82 Å². The molecule has 0 heterocycles. The molecule has 2 nitrogen and oxygen atoms in total. The molecule has 1 rings (SSSR count). The lowest BCUT2D eigenvalue weighted by Gasteiger charge is -2.21. The van der Waals surface area contributed by atoms with Gasteiger partial charge in [-0.05, 0) is 30.7 Å². The molecule has 1 aromatic rings. The van der Waals surface area contributed by atoms with Gasteiger partial charge in [-0.3, -0.25) is 0 Å². The van der Waals surface area contributed by atoms with Gasteiger partial charge >= 0.3 is 0 Å². The summed E-state index contributed by atoms with van der Waals surface area (Å²) < 4.78 is 13.0. The summed E-state index contributed by atoms with van der Waals surface area (Å²) in [5, 5.41) is 10.1. The number of aliphatic hydroxyl groups excluding tert-OH is 1. The van der Waals surface area contributed by atoms with Crippen LogP contribution in [0, 0.1) is 11.7 Å². The second-order valence-electron chi connectivity index (χ2n) is 3.90. The van der Waals surface area contributed by atoms with Crippen molar-refractivity contribution in [2.24, 2.45) is 11.7 Å². The van der Waals surface area contributed by atoms with Crippen LogP contribution in [0.4, 0.5) is 4.39 Å². The monoisotopic (exact) mass is 245 g/mol. The van der Waals surface area contributed by atoms with Crippen molar-refractivity contribution in [2.45, 2.75) is 25.9 Å². The maximum Gasteiger partial charge on any atom is 0.141 e. The minimum absolute atomic E-state index is 0.00784. The van der Waals surface area contributed by atoms with Crippen LogP contribution in [-0.2, 0) is 0 Å². The molecule has 3 N–H and O–H groups in total. The summed E-state index contributed by atoms with van der Waals surface area (Å²) in [4.78, 5) is 0. The molecule has 0 radical (unpaired) electrons. The number of hydrogen-bond acceptors (Lipinski definition) is 2. The van der Waals surface area contributed by atoms with Crippen molar-refractivity contribution in [3.63, 3.8) is 0 Å². The lowest BCUT2D eigenvalue weighted by molar-refractivity contribution is 0.106. The van der Waals surface area contributed by atoms with Crippen LogP contribution >= 0.6 is 11.6 Å². The molecule has 0 fully saturated rings. The van der Waals surface area contributed by atoms with Crippen LogP contribution in [0.3, 0.4) is 0 Å². The Morgan fingerprint density at radius 2 is 2.19 bits per heavy atom. The minimum Gasteiger partial charge on any atom is -0.388 e. The van der Waals surface area contributed by atoms with Crippen molar-refractivity contribution in [3.05, 3.63) is 34.6 Å². The Hall–Kier alpha value is -0.640. The van der Waals surface area contributed by atoms with Crippen molar-refractivity contribution in [2.75, 3.05) is 6.54 Å². The Kier molecular flexibility index (Phi) is 5.19. The average Bonchev–Trinajstić information content (AvgIpc) is 2.28. The smallest absolute Gasteiger partial charge is 0.141 e. The van der Waals surface area contributed by atoms with Gasteiger partial charge in [-0.25, -0.2) is 4.39 Å². The number of halogens is 2. The van der Waals surface area contributed by atoms with Crippen LogP contribution in [0.1, 0.15) is 31.4 Å². The number of rotatable bonds is 5. The fraction of sp³-hybridized carbons (Fsp3) is 0.500. The first kappa shape index (κ1) is 13.4. The van der Waals surface area contributed by atoms with Crippen LogP contribution in [-0.4, -0.2) is 11.7 Å². The van der Waals surface area contributed by atoms with E-state index in [2.05, 4.69) is 0 Å². The topological polar surface area (TPSA) is 46.2 Å². The lowest BCUT2D eigenvalue weighted by Crippen LogP contribution is -2.21. The second kappa shape index (κ2) is 6.18. The molecular weight excluding hydrogens is 229 g/mol. The maximum atomic E-state index is 13.0. The van der Waals surface area contributed by atoms with E-state index >= 15 is 0 Å². The van der Waals surface area contributed by atoms with E-state index in [1.54, 1.807) is 6.07 Å². The van der Waals surface area contributed by atoms with Gasteiger partial charge in [0.2, 0.25) is 0 Å². The molecule has 0 spiro atoms. The molecule has 2 atom stereocenters. The zero-order valence-electron chi connectivity index (χ0n) is 9.29. The van der Waals surface area contributed by atoms with E-state index in [0.29, 0.717) is 12.1 Å². The molecule has 1 aromatic carbocycles. The highest BCUT2D eigenvalue weighted by atomic mass is 35.5. The Morgan fingerprint density at radius 1 is 1.50 bits per heavy atom. The van der Waals surface area contributed by atoms with Crippen LogP contribution in [0.25, 0.3) is 0 Å². The molecular formula is C12H17ClFNO. The van der Waals surface area contributed by atoms with Gasteiger partial charge in [-0.15, -0.1) is 0 Å². The molecule has 0 saturated heterocycles. The highest BCUT2D eigenvalue weighted by molar-refractivity contribution is 6.30. The molecule has 90 valence electrons. The molecule has 0 aliphatic heterocycles. The summed E-state index contributed by atoms with van der Waals surface area (Å²) in [5.74, 6) is -0.482. The van der Waals surface area contributed by atoms with E-state index < -0.39 is 11.9 Å². The summed E-state index contributed by atoms with van der Waals surface area (Å²) in [6.45, 7) is 2.44. The Morgan fingerprint density at radius 3 is 2.69 bits per heavy atom. The van der Waals surface area contributed by atoms with Crippen LogP contribution < -0.4 is 5.73 Å². The average molecular weight is 246 g/mol. The molecule has 0 saturated carbocycles. The van der Waals surface area contributed by atoms with E-state index in [4.69, 9.17) is 17.3 Å². The molecule has 4 heteroatoms. The predicted molar refractivity (Wildman–Crippen MR) is 63.8 cm³/mol. The normalized spacial score (nSPS) is 14.8. The molecule has 0 aromatic heterocycles. The molecule has 0 amide bonds. The van der Waals surface area contributed by atoms with E-state index in [-0.39, 0.29) is 10.9 Å². The number of nitrogens with two attached hydrogens (primary N) is 1. The summed E-state index contributed by atoms with van der Waals surface area (Å²) in [7, 11) is 0. The number of benzene rings is 1. The van der Waals surface area contributed by atoms with Gasteiger partial charge in [0.05, 0.1) is 11.1 Å². The first-order valence-electron chi connectivity index (χ1n) is 5.43. The van der Waals surface area contributed by atoms with Gasteiger partial charge in [-0.2, -0.15) is 0 Å². The molecule has 2 unspecified atom stereocenters. The van der Waals surface area contributed by atoms with Gasteiger partial charge < -0.3 is 10.8 Å². The van der Waals surface area contributed by atoms with Gasteiger partial charge in [0, 0.05) is 5.92 Å². The Balaban J connectivity index is 2.85. The first-order valence-corrected chi connectivity index (χ1v) is 5.81. The zero-order chi connectivity index (χ0) is 12.1. The van der Waals surface area contributed by atoms with Gasteiger partial charge in [0.15, 0.2) is 0 Å². The predicted octanol–water partition coefficient (Wildman–Crippen LogP) is 2.89. The summed E-state index contributed by atoms with van der Waals surface area (Å²) in [6.07, 6.45) is 1.11. The lowest BCUT2D eigenvalue weighted by atomic mass is 9.92. The fourth-order valence-electron chi connectivity index (χ4n) is 1.74. The van der Waals surface area contributed by atoms with Crippen molar-refractivity contribution in [1.82, 2.24) is 0 Å². The third-order valence-electron chi connectivity index (χ3n) is 2.69. The highest BCUT2D eigenvalue weighted by Gasteiger charge is 2.19. The van der Waals surface area contributed by atoms with Crippen LogP contribution in [0.5, 0.6) is 0 Å². The third kappa shape index (κ3) is 3.17. The van der Waals surface area contributed by atoms with Gasteiger partial charge in [-0.1, -0.05) is 31.0 Å². The number of aliphatic hydroxyl groups is 1. The minimum atomic E-state index is -0.678. The number of hydrogen-bond donors (Lipinski definition) is 2. The van der Waals surface area contributed by atoms with Crippen molar-refractivity contribution in [3.8, 4) is 0 Å². The largest absolute Gasteiger partial charge is 0.388 e. The standard InChI is InChI=1S/C12H17ClFNO/c1-2-3-9(7-15)12(16)8-4-5-11(14)10(13)6-8/h4-6,9,12,16H,2-3,7,15H2,1H3. The SMILES string of the molecule is CCCC(CN)C(O)c1ccc(F)c(Cl)c1. The molecule has 0 aliphatic carbocycles. The van der Waals surface area contributed by atoms with Crippen molar-refractivity contribution < 1.29 is 9.50 Å². The Labute approximate surface area is 100 Å². The second-order valence-corrected chi connectivity index (χ2v) is 4.31. The van der Waals surface area contributed by atoms with Crippen molar-refractivity contribution in [1.29, 1.82) is 0 Å². The molecule has 0 aliphatic rings. The zero-order valence-corrected chi connectivity index (χ0v) is 10.0. The van der Waals surface area contributed by atoms with E-state index in [0.717, 1.165) is 12.8 Å². The van der Waals surface area contributed by atoms with Gasteiger partial charge in [0.25, 0.3) is 0 Å². The van der Waals surface area contributed by atoms with Crippen LogP contribution in [0.15, 0.2) is 18.2 Å².